The molecule has 0 amide bonds. The van der Waals surface area contributed by atoms with Crippen molar-refractivity contribution in [2.75, 3.05) is 23.8 Å². The van der Waals surface area contributed by atoms with Gasteiger partial charge in [0.1, 0.15) is 6.33 Å². The summed E-state index contributed by atoms with van der Waals surface area (Å²) in [5.41, 5.74) is 5.06. The molecule has 0 bridgehead atoms. The van der Waals surface area contributed by atoms with Gasteiger partial charge in [-0.3, -0.25) is 0 Å². The molecular weight excluding hydrogens is 224 g/mol. The zero-order chi connectivity index (χ0) is 12.4. The van der Waals surface area contributed by atoms with Gasteiger partial charge in [0.2, 0.25) is 0 Å². The van der Waals surface area contributed by atoms with Crippen molar-refractivity contribution < 1.29 is 0 Å². The molecule has 0 radical (unpaired) electrons. The second-order valence-corrected chi connectivity index (χ2v) is 4.62. The quantitative estimate of drug-likeness (QED) is 0.891. The minimum atomic E-state index is 0.810. The highest BCUT2D eigenvalue weighted by Crippen LogP contribution is 2.27. The lowest BCUT2D eigenvalue weighted by Gasteiger charge is -2.12. The summed E-state index contributed by atoms with van der Waals surface area (Å²) in [4.78, 5) is 10.3. The van der Waals surface area contributed by atoms with Crippen molar-refractivity contribution in [3.8, 4) is 0 Å². The SMILES string of the molecule is CN1CCc2cc(CNc3cncnc3)ccc21. The smallest absolute Gasteiger partial charge is 0.115 e. The van der Waals surface area contributed by atoms with E-state index in [-0.39, 0.29) is 0 Å². The molecule has 0 unspecified atom stereocenters. The molecule has 4 nitrogen and oxygen atoms in total. The van der Waals surface area contributed by atoms with Crippen LogP contribution >= 0.6 is 0 Å². The van der Waals surface area contributed by atoms with E-state index in [2.05, 4.69) is 45.4 Å². The molecule has 0 saturated heterocycles. The summed E-state index contributed by atoms with van der Waals surface area (Å²) in [6, 6.07) is 6.67. The number of nitrogens with zero attached hydrogens (tertiary/aromatic N) is 3. The standard InChI is InChI=1S/C14H16N4/c1-18-5-4-12-6-11(2-3-14(12)18)7-17-13-8-15-10-16-9-13/h2-3,6,8-10,17H,4-5,7H2,1H3. The topological polar surface area (TPSA) is 41.0 Å². The van der Waals surface area contributed by atoms with Gasteiger partial charge in [-0.1, -0.05) is 12.1 Å². The fourth-order valence-corrected chi connectivity index (χ4v) is 2.32. The normalized spacial score (nSPS) is 13.5. The highest BCUT2D eigenvalue weighted by atomic mass is 15.1. The Bertz CT molecular complexity index is 539. The molecule has 0 saturated carbocycles. The third-order valence-corrected chi connectivity index (χ3v) is 3.33. The Labute approximate surface area is 107 Å². The van der Waals surface area contributed by atoms with E-state index in [4.69, 9.17) is 0 Å². The van der Waals surface area contributed by atoms with E-state index in [1.54, 1.807) is 12.4 Å². The summed E-state index contributed by atoms with van der Waals surface area (Å²) in [6.45, 7) is 1.93. The highest BCUT2D eigenvalue weighted by molar-refractivity contribution is 5.58. The van der Waals surface area contributed by atoms with Crippen molar-refractivity contribution in [3.63, 3.8) is 0 Å². The van der Waals surface area contributed by atoms with Gasteiger partial charge in [0.25, 0.3) is 0 Å². The Morgan fingerprint density at radius 3 is 2.94 bits per heavy atom. The third kappa shape index (κ3) is 2.14. The van der Waals surface area contributed by atoms with Gasteiger partial charge < -0.3 is 10.2 Å². The average molecular weight is 240 g/mol. The second kappa shape index (κ2) is 4.64. The van der Waals surface area contributed by atoms with Crippen LogP contribution in [-0.4, -0.2) is 23.6 Å². The zero-order valence-electron chi connectivity index (χ0n) is 10.4. The Morgan fingerprint density at radius 1 is 1.28 bits per heavy atom. The van der Waals surface area contributed by atoms with E-state index in [1.807, 2.05) is 0 Å². The maximum Gasteiger partial charge on any atom is 0.115 e. The van der Waals surface area contributed by atoms with E-state index in [9.17, 15) is 0 Å². The van der Waals surface area contributed by atoms with Crippen molar-refractivity contribution in [2.24, 2.45) is 0 Å². The number of rotatable bonds is 3. The molecular formula is C14H16N4. The number of hydrogen-bond donors (Lipinski definition) is 1. The van der Waals surface area contributed by atoms with Gasteiger partial charge in [-0.25, -0.2) is 9.97 Å². The Morgan fingerprint density at radius 2 is 2.11 bits per heavy atom. The van der Waals surface area contributed by atoms with Gasteiger partial charge in [0.05, 0.1) is 18.1 Å². The Kier molecular flexibility index (Phi) is 2.84. The van der Waals surface area contributed by atoms with Crippen molar-refractivity contribution in [3.05, 3.63) is 48.0 Å². The molecule has 18 heavy (non-hydrogen) atoms. The van der Waals surface area contributed by atoms with Crippen LogP contribution in [0.25, 0.3) is 0 Å². The molecule has 1 aromatic heterocycles. The van der Waals surface area contributed by atoms with Crippen LogP contribution in [0.5, 0.6) is 0 Å². The van der Waals surface area contributed by atoms with Crippen LogP contribution in [0.3, 0.4) is 0 Å². The first-order valence-electron chi connectivity index (χ1n) is 6.15. The second-order valence-electron chi connectivity index (χ2n) is 4.62. The number of fused-ring (bicyclic) bond motifs is 1. The first kappa shape index (κ1) is 11.0. The molecule has 0 spiro atoms. The molecule has 0 atom stereocenters. The predicted octanol–water partition coefficient (Wildman–Crippen LogP) is 2.08. The molecule has 0 aliphatic carbocycles. The van der Waals surface area contributed by atoms with Gasteiger partial charge in [-0.05, 0) is 23.6 Å². The first-order chi connectivity index (χ1) is 8.83. The van der Waals surface area contributed by atoms with Crippen molar-refractivity contribution in [1.82, 2.24) is 9.97 Å². The molecule has 2 aromatic rings. The van der Waals surface area contributed by atoms with Gasteiger partial charge >= 0.3 is 0 Å². The van der Waals surface area contributed by atoms with Crippen LogP contribution in [0, 0.1) is 0 Å². The van der Waals surface area contributed by atoms with Crippen LogP contribution in [0.15, 0.2) is 36.9 Å². The lowest BCUT2D eigenvalue weighted by molar-refractivity contribution is 0.955. The number of benzene rings is 1. The zero-order valence-corrected chi connectivity index (χ0v) is 10.4. The molecule has 4 heteroatoms. The molecule has 3 rings (SSSR count). The van der Waals surface area contributed by atoms with Crippen LogP contribution in [0.1, 0.15) is 11.1 Å². The summed E-state index contributed by atoms with van der Waals surface area (Å²) in [6.07, 6.45) is 6.26. The minimum Gasteiger partial charge on any atom is -0.378 e. The summed E-state index contributed by atoms with van der Waals surface area (Å²) in [5.74, 6) is 0. The summed E-state index contributed by atoms with van der Waals surface area (Å²) >= 11 is 0. The molecule has 1 aromatic carbocycles. The summed E-state index contributed by atoms with van der Waals surface area (Å²) < 4.78 is 0. The maximum absolute atomic E-state index is 3.98. The number of likely N-dealkylation sites (N-methyl/N-ethyl adjacent to an activating group) is 1. The maximum atomic E-state index is 3.98. The molecule has 1 N–H and O–H groups in total. The predicted molar refractivity (Wildman–Crippen MR) is 72.8 cm³/mol. The number of anilines is 2. The molecule has 1 aliphatic rings. The van der Waals surface area contributed by atoms with E-state index in [0.717, 1.165) is 25.2 Å². The van der Waals surface area contributed by atoms with Crippen molar-refractivity contribution in [2.45, 2.75) is 13.0 Å². The Balaban J connectivity index is 1.71. The first-order valence-corrected chi connectivity index (χ1v) is 6.15. The minimum absolute atomic E-state index is 0.810. The fraction of sp³-hybridized carbons (Fsp3) is 0.286. The lowest BCUT2D eigenvalue weighted by Crippen LogP contribution is -2.12. The van der Waals surface area contributed by atoms with E-state index in [1.165, 1.54) is 23.1 Å². The van der Waals surface area contributed by atoms with E-state index in [0.29, 0.717) is 0 Å². The summed E-state index contributed by atoms with van der Waals surface area (Å²) in [5, 5.41) is 3.32. The monoisotopic (exact) mass is 240 g/mol. The van der Waals surface area contributed by atoms with Crippen molar-refractivity contribution in [1.29, 1.82) is 0 Å². The molecule has 92 valence electrons. The molecule has 0 fully saturated rings. The van der Waals surface area contributed by atoms with Crippen LogP contribution in [0.4, 0.5) is 11.4 Å². The highest BCUT2D eigenvalue weighted by Gasteiger charge is 2.15. The van der Waals surface area contributed by atoms with E-state index < -0.39 is 0 Å². The van der Waals surface area contributed by atoms with E-state index >= 15 is 0 Å². The largest absolute Gasteiger partial charge is 0.378 e. The lowest BCUT2D eigenvalue weighted by atomic mass is 10.1. The van der Waals surface area contributed by atoms with Gasteiger partial charge in [0.15, 0.2) is 0 Å². The number of nitrogens with one attached hydrogen (secondary N) is 1. The van der Waals surface area contributed by atoms with Gasteiger partial charge in [-0.2, -0.15) is 0 Å². The number of aromatic nitrogens is 2. The van der Waals surface area contributed by atoms with Crippen LogP contribution < -0.4 is 10.2 Å². The van der Waals surface area contributed by atoms with Crippen LogP contribution in [-0.2, 0) is 13.0 Å². The fourth-order valence-electron chi connectivity index (χ4n) is 2.32. The van der Waals surface area contributed by atoms with Crippen molar-refractivity contribution >= 4 is 11.4 Å². The van der Waals surface area contributed by atoms with Crippen LogP contribution in [0.2, 0.25) is 0 Å². The number of hydrogen-bond acceptors (Lipinski definition) is 4. The third-order valence-electron chi connectivity index (χ3n) is 3.33. The van der Waals surface area contributed by atoms with Gasteiger partial charge in [0, 0.05) is 25.8 Å². The molecule has 1 aliphatic heterocycles. The average Bonchev–Trinajstić information content (AvgIpc) is 2.79. The Hall–Kier alpha value is -2.10. The molecule has 2 heterocycles. The summed E-state index contributed by atoms with van der Waals surface area (Å²) in [7, 11) is 2.14. The van der Waals surface area contributed by atoms with Gasteiger partial charge in [-0.15, -0.1) is 0 Å².